The number of sulfonamides is 1. The van der Waals surface area contributed by atoms with E-state index in [0.29, 0.717) is 6.61 Å². The van der Waals surface area contributed by atoms with Crippen LogP contribution in [-0.2, 0) is 24.2 Å². The molecule has 1 aromatic rings. The summed E-state index contributed by atoms with van der Waals surface area (Å²) in [6.45, 7) is 1.14. The van der Waals surface area contributed by atoms with E-state index < -0.39 is 16.0 Å². The molecular weight excluding hydrogens is 358 g/mol. The lowest BCUT2D eigenvalue weighted by Gasteiger charge is -2.13. The van der Waals surface area contributed by atoms with Gasteiger partial charge in [0.15, 0.2) is 0 Å². The Morgan fingerprint density at radius 2 is 2.21 bits per heavy atom. The van der Waals surface area contributed by atoms with E-state index in [0.717, 1.165) is 12.8 Å². The Kier molecular flexibility index (Phi) is 7.00. The van der Waals surface area contributed by atoms with Crippen molar-refractivity contribution in [3.8, 4) is 0 Å². The molecule has 0 bridgehead atoms. The Labute approximate surface area is 146 Å². The monoisotopic (exact) mass is 377 g/mol. The molecule has 1 fully saturated rings. The van der Waals surface area contributed by atoms with Gasteiger partial charge in [0, 0.05) is 20.3 Å². The fourth-order valence-electron chi connectivity index (χ4n) is 2.22. The Morgan fingerprint density at radius 1 is 1.42 bits per heavy atom. The number of nitrogens with one attached hydrogen (secondary N) is 1. The number of carbonyl (C=O) groups is 1. The van der Waals surface area contributed by atoms with Crippen LogP contribution in [0.25, 0.3) is 0 Å². The van der Waals surface area contributed by atoms with Crippen molar-refractivity contribution in [2.75, 3.05) is 33.5 Å². The normalized spacial score (nSPS) is 17.8. The van der Waals surface area contributed by atoms with Crippen molar-refractivity contribution in [3.63, 3.8) is 0 Å². The van der Waals surface area contributed by atoms with Crippen molar-refractivity contribution in [1.82, 2.24) is 4.72 Å². The van der Waals surface area contributed by atoms with Crippen LogP contribution in [0.4, 0.5) is 0 Å². The molecule has 24 heavy (non-hydrogen) atoms. The summed E-state index contributed by atoms with van der Waals surface area (Å²) >= 11 is 5.99. The van der Waals surface area contributed by atoms with Crippen LogP contribution in [0.5, 0.6) is 0 Å². The lowest BCUT2D eigenvalue weighted by Crippen LogP contribution is -2.32. The van der Waals surface area contributed by atoms with Gasteiger partial charge in [-0.2, -0.15) is 0 Å². The molecule has 1 unspecified atom stereocenters. The molecule has 9 heteroatoms. The summed E-state index contributed by atoms with van der Waals surface area (Å²) in [5, 5.41) is 0.0308. The van der Waals surface area contributed by atoms with Crippen LogP contribution in [-0.4, -0.2) is 54.0 Å². The minimum atomic E-state index is -3.85. The molecule has 1 aliphatic rings. The molecule has 0 saturated carbocycles. The molecular formula is C15H20ClNO6S. The van der Waals surface area contributed by atoms with Crippen LogP contribution >= 0.6 is 11.6 Å². The van der Waals surface area contributed by atoms with E-state index in [9.17, 15) is 13.2 Å². The largest absolute Gasteiger partial charge is 0.460 e. The van der Waals surface area contributed by atoms with Crippen molar-refractivity contribution >= 4 is 27.6 Å². The SMILES string of the molecule is COCCOC(=O)c1ccc(Cl)c(S(=O)(=O)NCC2CCCO2)c1. The number of hydrogen-bond acceptors (Lipinski definition) is 6. The van der Waals surface area contributed by atoms with Crippen LogP contribution in [0.3, 0.4) is 0 Å². The number of benzene rings is 1. The molecule has 0 amide bonds. The second-order valence-corrected chi connectivity index (χ2v) is 7.40. The average Bonchev–Trinajstić information content (AvgIpc) is 3.07. The molecule has 1 heterocycles. The van der Waals surface area contributed by atoms with Crippen LogP contribution in [0, 0.1) is 0 Å². The summed E-state index contributed by atoms with van der Waals surface area (Å²) in [4.78, 5) is 11.8. The molecule has 1 atom stereocenters. The summed E-state index contributed by atoms with van der Waals surface area (Å²) < 4.78 is 42.5. The van der Waals surface area contributed by atoms with E-state index in [-0.39, 0.29) is 41.3 Å². The third-order valence-electron chi connectivity index (χ3n) is 3.50. The van der Waals surface area contributed by atoms with E-state index in [1.807, 2.05) is 0 Å². The highest BCUT2D eigenvalue weighted by Crippen LogP contribution is 2.23. The average molecular weight is 378 g/mol. The minimum Gasteiger partial charge on any atom is -0.460 e. The zero-order valence-corrected chi connectivity index (χ0v) is 14.9. The summed E-state index contributed by atoms with van der Waals surface area (Å²) in [5.74, 6) is -0.640. The fraction of sp³-hybridized carbons (Fsp3) is 0.533. The summed E-state index contributed by atoms with van der Waals surface area (Å²) in [7, 11) is -2.37. The van der Waals surface area contributed by atoms with Crippen LogP contribution < -0.4 is 4.72 Å². The first-order valence-corrected chi connectivity index (χ1v) is 9.37. The topological polar surface area (TPSA) is 90.9 Å². The second-order valence-electron chi connectivity index (χ2n) is 5.26. The highest BCUT2D eigenvalue weighted by Gasteiger charge is 2.23. The molecule has 134 valence electrons. The van der Waals surface area contributed by atoms with Gasteiger partial charge < -0.3 is 14.2 Å². The van der Waals surface area contributed by atoms with Crippen molar-refractivity contribution < 1.29 is 27.4 Å². The third-order valence-corrected chi connectivity index (χ3v) is 5.41. The first kappa shape index (κ1) is 19.1. The number of esters is 1. The zero-order valence-electron chi connectivity index (χ0n) is 13.3. The van der Waals surface area contributed by atoms with Gasteiger partial charge in [-0.1, -0.05) is 11.6 Å². The number of methoxy groups -OCH3 is 1. The number of hydrogen-bond donors (Lipinski definition) is 1. The van der Waals surface area contributed by atoms with E-state index in [2.05, 4.69) is 4.72 Å². The van der Waals surface area contributed by atoms with Gasteiger partial charge in [-0.05, 0) is 31.0 Å². The summed E-state index contributed by atoms with van der Waals surface area (Å²) in [6, 6.07) is 3.97. The molecule has 1 N–H and O–H groups in total. The Bertz CT molecular complexity index is 673. The van der Waals surface area contributed by atoms with E-state index in [1.54, 1.807) is 0 Å². The van der Waals surface area contributed by atoms with Gasteiger partial charge >= 0.3 is 5.97 Å². The van der Waals surface area contributed by atoms with Crippen LogP contribution in [0.2, 0.25) is 5.02 Å². The third kappa shape index (κ3) is 5.15. The molecule has 2 rings (SSSR count). The van der Waals surface area contributed by atoms with Gasteiger partial charge in [0.05, 0.1) is 23.3 Å². The van der Waals surface area contributed by atoms with Crippen molar-refractivity contribution in [2.45, 2.75) is 23.8 Å². The first-order valence-electron chi connectivity index (χ1n) is 7.51. The van der Waals surface area contributed by atoms with Gasteiger partial charge in [0.2, 0.25) is 10.0 Å². The zero-order chi connectivity index (χ0) is 17.6. The fourth-order valence-corrected chi connectivity index (χ4v) is 3.81. The maximum atomic E-state index is 12.4. The van der Waals surface area contributed by atoms with Crippen LogP contribution in [0.15, 0.2) is 23.1 Å². The molecule has 0 spiro atoms. The van der Waals surface area contributed by atoms with E-state index >= 15 is 0 Å². The predicted octanol–water partition coefficient (Wildman–Crippen LogP) is 1.60. The van der Waals surface area contributed by atoms with Crippen molar-refractivity contribution in [1.29, 1.82) is 0 Å². The summed E-state index contributed by atoms with van der Waals surface area (Å²) in [6.07, 6.45) is 1.58. The van der Waals surface area contributed by atoms with E-state index in [1.165, 1.54) is 25.3 Å². The maximum Gasteiger partial charge on any atom is 0.338 e. The van der Waals surface area contributed by atoms with Crippen molar-refractivity contribution in [3.05, 3.63) is 28.8 Å². The number of ether oxygens (including phenoxy) is 3. The smallest absolute Gasteiger partial charge is 0.338 e. The Hall–Kier alpha value is -1.19. The number of carbonyl (C=O) groups excluding carboxylic acids is 1. The molecule has 7 nitrogen and oxygen atoms in total. The highest BCUT2D eigenvalue weighted by atomic mass is 35.5. The second kappa shape index (κ2) is 8.77. The number of rotatable bonds is 8. The van der Waals surface area contributed by atoms with Gasteiger partial charge in [0.25, 0.3) is 0 Å². The molecule has 0 aliphatic carbocycles. The Balaban J connectivity index is 2.09. The highest BCUT2D eigenvalue weighted by molar-refractivity contribution is 7.89. The van der Waals surface area contributed by atoms with Gasteiger partial charge in [-0.15, -0.1) is 0 Å². The standard InChI is InChI=1S/C15H20ClNO6S/c1-21-7-8-23-15(18)11-4-5-13(16)14(9-11)24(19,20)17-10-12-3-2-6-22-12/h4-5,9,12,17H,2-3,6-8,10H2,1H3. The summed E-state index contributed by atoms with van der Waals surface area (Å²) in [5.41, 5.74) is 0.105. The predicted molar refractivity (Wildman–Crippen MR) is 87.8 cm³/mol. The lowest BCUT2D eigenvalue weighted by atomic mass is 10.2. The molecule has 0 aromatic heterocycles. The minimum absolute atomic E-state index is 0.0308. The Morgan fingerprint density at radius 3 is 2.88 bits per heavy atom. The maximum absolute atomic E-state index is 12.4. The quantitative estimate of drug-likeness (QED) is 0.546. The van der Waals surface area contributed by atoms with Gasteiger partial charge in [0.1, 0.15) is 11.5 Å². The van der Waals surface area contributed by atoms with Crippen LogP contribution in [0.1, 0.15) is 23.2 Å². The van der Waals surface area contributed by atoms with Gasteiger partial charge in [-0.25, -0.2) is 17.9 Å². The molecule has 0 radical (unpaired) electrons. The molecule has 1 saturated heterocycles. The van der Waals surface area contributed by atoms with Crippen molar-refractivity contribution in [2.24, 2.45) is 0 Å². The molecule has 1 aliphatic heterocycles. The first-order chi connectivity index (χ1) is 11.4. The number of halogens is 1. The van der Waals surface area contributed by atoms with E-state index in [4.69, 9.17) is 25.8 Å². The lowest BCUT2D eigenvalue weighted by molar-refractivity contribution is 0.0388. The van der Waals surface area contributed by atoms with Gasteiger partial charge in [-0.3, -0.25) is 0 Å². The molecule has 1 aromatic carbocycles.